The summed E-state index contributed by atoms with van der Waals surface area (Å²) in [5.74, 6) is -0.214. The van der Waals surface area contributed by atoms with Crippen LogP contribution in [0.5, 0.6) is 5.75 Å². The fourth-order valence-corrected chi connectivity index (χ4v) is 5.36. The molecule has 3 N–H and O–H groups in total. The highest BCUT2D eigenvalue weighted by Crippen LogP contribution is 2.34. The maximum absolute atomic E-state index is 12.6. The first kappa shape index (κ1) is 34.3. The van der Waals surface area contributed by atoms with E-state index in [1.807, 2.05) is 12.2 Å². The highest BCUT2D eigenvalue weighted by molar-refractivity contribution is 5.85. The fourth-order valence-electron chi connectivity index (χ4n) is 5.36. The number of unbranched alkanes of at least 4 members (excludes halogenated alkanes) is 5. The number of allylic oxidation sites excluding steroid dienone is 1. The Balaban J connectivity index is 1.76. The molecule has 4 atom stereocenters. The number of carbonyl (C=O) groups excluding carboxylic acids is 3. The number of esters is 1. The zero-order valence-electron chi connectivity index (χ0n) is 24.7. The van der Waals surface area contributed by atoms with Crippen molar-refractivity contribution >= 4 is 23.3 Å². The third-order valence-corrected chi connectivity index (χ3v) is 7.72. The largest absolute Gasteiger partial charge is 0.733 e. The fraction of sp³-hybridized carbons (Fsp3) is 0.645. The summed E-state index contributed by atoms with van der Waals surface area (Å²) >= 11 is 0. The Bertz CT molecular complexity index is 996. The predicted molar refractivity (Wildman–Crippen MR) is 156 cm³/mol. The number of amides is 1. The Morgan fingerprint density at radius 2 is 1.93 bits per heavy atom. The lowest BCUT2D eigenvalue weighted by Gasteiger charge is -2.25. The van der Waals surface area contributed by atoms with Gasteiger partial charge in [-0.05, 0) is 49.3 Å². The van der Waals surface area contributed by atoms with Gasteiger partial charge < -0.3 is 30.3 Å². The van der Waals surface area contributed by atoms with E-state index < -0.39 is 18.1 Å². The standard InChI is InChI=1S/C31H47N2O8/c1-4-5-8-11-24(34)17-15-23-16-18-28(35)25(23)12-9-6-7-10-13-30(36)32-26(31(37)41-3)20-22-14-19-29(40-2)27(21-22)33(38)39/h14-15,17,19,21,23-26,34,38H,4-13,16,18,20H2,1-3H3,(H,32,36)/q-1/t23-,24-,25-,26-/m1/s1. The first-order valence-electron chi connectivity index (χ1n) is 14.8. The molecule has 1 aliphatic carbocycles. The van der Waals surface area contributed by atoms with Gasteiger partial charge in [0.05, 0.1) is 26.0 Å². The van der Waals surface area contributed by atoms with Gasteiger partial charge in [0.1, 0.15) is 17.6 Å². The Morgan fingerprint density at radius 3 is 2.61 bits per heavy atom. The minimum Gasteiger partial charge on any atom is -0.733 e. The number of hydrogen-bond donors (Lipinski definition) is 3. The topological polar surface area (TPSA) is 148 Å². The Labute approximate surface area is 243 Å². The van der Waals surface area contributed by atoms with Crippen LogP contribution in [0.1, 0.15) is 89.5 Å². The number of benzene rings is 1. The number of methoxy groups -OCH3 is 2. The third kappa shape index (κ3) is 11.8. The second-order valence-electron chi connectivity index (χ2n) is 10.8. The molecule has 1 saturated carbocycles. The van der Waals surface area contributed by atoms with E-state index in [0.717, 1.165) is 57.8 Å². The van der Waals surface area contributed by atoms with Crippen LogP contribution in [-0.2, 0) is 25.5 Å². The van der Waals surface area contributed by atoms with Crippen molar-refractivity contribution in [2.45, 2.75) is 103 Å². The van der Waals surface area contributed by atoms with Gasteiger partial charge in [-0.15, -0.1) is 0 Å². The molecule has 1 aliphatic rings. The number of Topliss-reactive ketones (excluding diaryl/α,β-unsaturated/α-hetero) is 1. The summed E-state index contributed by atoms with van der Waals surface area (Å²) in [7, 11) is 2.60. The predicted octanol–water partition coefficient (Wildman–Crippen LogP) is 5.02. The van der Waals surface area contributed by atoms with Crippen molar-refractivity contribution in [3.63, 3.8) is 0 Å². The van der Waals surface area contributed by atoms with Gasteiger partial charge in [-0.25, -0.2) is 4.79 Å². The van der Waals surface area contributed by atoms with Gasteiger partial charge in [0, 0.05) is 25.2 Å². The monoisotopic (exact) mass is 575 g/mol. The molecule has 1 aromatic carbocycles. The molecule has 0 spiro atoms. The number of rotatable bonds is 19. The van der Waals surface area contributed by atoms with Crippen LogP contribution < -0.4 is 15.3 Å². The van der Waals surface area contributed by atoms with E-state index >= 15 is 0 Å². The van der Waals surface area contributed by atoms with Crippen LogP contribution >= 0.6 is 0 Å². The van der Waals surface area contributed by atoms with Gasteiger partial charge in [0.15, 0.2) is 0 Å². The molecule has 41 heavy (non-hydrogen) atoms. The van der Waals surface area contributed by atoms with E-state index in [9.17, 15) is 29.9 Å². The van der Waals surface area contributed by atoms with Crippen LogP contribution in [0.25, 0.3) is 0 Å². The Kier molecular flexibility index (Phi) is 15.4. The van der Waals surface area contributed by atoms with Crippen molar-refractivity contribution in [1.29, 1.82) is 0 Å². The molecule has 0 aromatic heterocycles. The summed E-state index contributed by atoms with van der Waals surface area (Å²) in [5, 5.41) is 33.3. The number of carbonyl (C=O) groups is 3. The van der Waals surface area contributed by atoms with Crippen molar-refractivity contribution in [2.24, 2.45) is 11.8 Å². The maximum Gasteiger partial charge on any atom is 0.328 e. The van der Waals surface area contributed by atoms with Crippen LogP contribution in [0.3, 0.4) is 0 Å². The number of aliphatic hydroxyl groups is 1. The molecule has 230 valence electrons. The zero-order valence-corrected chi connectivity index (χ0v) is 24.7. The highest BCUT2D eigenvalue weighted by atomic mass is 16.8. The molecule has 0 unspecified atom stereocenters. The van der Waals surface area contributed by atoms with Gasteiger partial charge >= 0.3 is 5.97 Å². The second-order valence-corrected chi connectivity index (χ2v) is 10.8. The number of ketones is 1. The number of hydrogen-bond acceptors (Lipinski definition) is 9. The van der Waals surface area contributed by atoms with E-state index in [4.69, 9.17) is 9.47 Å². The molecule has 1 amide bonds. The molecule has 10 heteroatoms. The average molecular weight is 576 g/mol. The summed E-state index contributed by atoms with van der Waals surface area (Å²) in [6.45, 7) is 2.14. The van der Waals surface area contributed by atoms with Crippen LogP contribution in [0.15, 0.2) is 30.4 Å². The maximum atomic E-state index is 12.6. The summed E-state index contributed by atoms with van der Waals surface area (Å²) < 4.78 is 9.89. The van der Waals surface area contributed by atoms with Gasteiger partial charge in [-0.3, -0.25) is 14.8 Å². The zero-order chi connectivity index (χ0) is 30.2. The molecular weight excluding hydrogens is 528 g/mol. The third-order valence-electron chi connectivity index (χ3n) is 7.72. The van der Waals surface area contributed by atoms with Crippen molar-refractivity contribution in [3.05, 3.63) is 41.1 Å². The Morgan fingerprint density at radius 1 is 1.17 bits per heavy atom. The van der Waals surface area contributed by atoms with Crippen molar-refractivity contribution < 1.29 is 34.2 Å². The van der Waals surface area contributed by atoms with E-state index in [1.165, 1.54) is 26.4 Å². The van der Waals surface area contributed by atoms with Gasteiger partial charge in [0.2, 0.25) is 5.91 Å². The summed E-state index contributed by atoms with van der Waals surface area (Å²) in [6.07, 6.45) is 13.3. The molecule has 1 aromatic rings. The number of anilines is 1. The molecule has 0 saturated heterocycles. The quantitative estimate of drug-likeness (QED) is 0.0894. The minimum absolute atomic E-state index is 0.0104. The van der Waals surface area contributed by atoms with Crippen LogP contribution in [-0.4, -0.2) is 54.3 Å². The lowest BCUT2D eigenvalue weighted by Crippen LogP contribution is -2.43. The molecule has 10 nitrogen and oxygen atoms in total. The summed E-state index contributed by atoms with van der Waals surface area (Å²) in [4.78, 5) is 37.3. The summed E-state index contributed by atoms with van der Waals surface area (Å²) in [6, 6.07) is 3.58. The highest BCUT2D eigenvalue weighted by Gasteiger charge is 2.32. The van der Waals surface area contributed by atoms with Crippen LogP contribution in [0.2, 0.25) is 0 Å². The van der Waals surface area contributed by atoms with Gasteiger partial charge in [-0.1, -0.05) is 63.7 Å². The van der Waals surface area contributed by atoms with Crippen molar-refractivity contribution in [3.8, 4) is 5.75 Å². The smallest absolute Gasteiger partial charge is 0.328 e. The second kappa shape index (κ2) is 18.5. The van der Waals surface area contributed by atoms with E-state index in [2.05, 4.69) is 12.2 Å². The first-order chi connectivity index (χ1) is 19.7. The molecule has 0 bridgehead atoms. The lowest BCUT2D eigenvalue weighted by atomic mass is 9.89. The van der Waals surface area contributed by atoms with Crippen LogP contribution in [0.4, 0.5) is 5.69 Å². The van der Waals surface area contributed by atoms with Crippen LogP contribution in [0, 0.1) is 17.0 Å². The molecule has 0 aliphatic heterocycles. The number of nitrogens with zero attached hydrogens (tertiary/aromatic N) is 1. The average Bonchev–Trinajstić information content (AvgIpc) is 3.31. The van der Waals surface area contributed by atoms with Gasteiger partial charge in [-0.2, -0.15) is 0 Å². The number of aliphatic hydroxyl groups excluding tert-OH is 1. The minimum atomic E-state index is -0.948. The first-order valence-corrected chi connectivity index (χ1v) is 14.8. The summed E-state index contributed by atoms with van der Waals surface area (Å²) in [5.41, 5.74) is 0.425. The van der Waals surface area contributed by atoms with Crippen molar-refractivity contribution in [2.75, 3.05) is 19.4 Å². The van der Waals surface area contributed by atoms with E-state index in [0.29, 0.717) is 24.2 Å². The number of nitrogens with one attached hydrogen (secondary N) is 1. The Hall–Kier alpha value is -2.95. The van der Waals surface area contributed by atoms with Gasteiger partial charge in [0.25, 0.3) is 0 Å². The van der Waals surface area contributed by atoms with E-state index in [-0.39, 0.29) is 47.2 Å². The molecule has 0 heterocycles. The molecule has 0 radical (unpaired) electrons. The molecular formula is C31H47N2O8-. The lowest BCUT2D eigenvalue weighted by molar-refractivity contribution is -0.145. The normalized spacial score (nSPS) is 18.3. The van der Waals surface area contributed by atoms with Crippen molar-refractivity contribution in [1.82, 2.24) is 5.32 Å². The SMILES string of the molecule is CCCCC[C@@H](O)C=C[C@@H]1CCC(=O)[C@@H]1CCCCCCC(=O)N[C@H](Cc1ccc(OC)c(N([O-])O)c1)C(=O)OC. The van der Waals surface area contributed by atoms with E-state index in [1.54, 1.807) is 6.07 Å². The molecule has 1 fully saturated rings. The molecule has 2 rings (SSSR count). The number of ether oxygens (including phenoxy) is 2.